The molecule has 0 saturated carbocycles. The zero-order valence-electron chi connectivity index (χ0n) is 11.5. The summed E-state index contributed by atoms with van der Waals surface area (Å²) in [7, 11) is 2.01. The molecular formula is C17H16ClNS. The van der Waals surface area contributed by atoms with Crippen LogP contribution in [0.3, 0.4) is 0 Å². The van der Waals surface area contributed by atoms with E-state index in [9.17, 15) is 0 Å². The van der Waals surface area contributed by atoms with Gasteiger partial charge in [0.15, 0.2) is 0 Å². The van der Waals surface area contributed by atoms with Crippen molar-refractivity contribution in [2.45, 2.75) is 13.0 Å². The minimum Gasteiger partial charge on any atom is -0.309 e. The second-order valence-electron chi connectivity index (χ2n) is 4.91. The van der Waals surface area contributed by atoms with Crippen LogP contribution in [0.4, 0.5) is 0 Å². The summed E-state index contributed by atoms with van der Waals surface area (Å²) >= 11 is 7.86. The van der Waals surface area contributed by atoms with Crippen molar-refractivity contribution >= 4 is 33.0 Å². The molecule has 1 aromatic heterocycles. The minimum atomic E-state index is 0.198. The van der Waals surface area contributed by atoms with Gasteiger partial charge in [-0.25, -0.2) is 0 Å². The molecule has 1 heterocycles. The number of benzene rings is 2. The molecule has 0 fully saturated rings. The van der Waals surface area contributed by atoms with Crippen molar-refractivity contribution in [3.05, 3.63) is 69.6 Å². The Morgan fingerprint density at radius 3 is 2.65 bits per heavy atom. The summed E-state index contributed by atoms with van der Waals surface area (Å²) in [6, 6.07) is 14.8. The monoisotopic (exact) mass is 301 g/mol. The highest BCUT2D eigenvalue weighted by Gasteiger charge is 2.17. The van der Waals surface area contributed by atoms with Crippen LogP contribution in [0.2, 0.25) is 5.02 Å². The van der Waals surface area contributed by atoms with Gasteiger partial charge in [0.25, 0.3) is 0 Å². The number of hydrogen-bond donors (Lipinski definition) is 1. The van der Waals surface area contributed by atoms with Crippen molar-refractivity contribution < 1.29 is 0 Å². The number of fused-ring (bicyclic) bond motifs is 1. The molecule has 20 heavy (non-hydrogen) atoms. The van der Waals surface area contributed by atoms with Crippen molar-refractivity contribution in [2.75, 3.05) is 7.05 Å². The van der Waals surface area contributed by atoms with Crippen LogP contribution in [0.25, 0.3) is 10.1 Å². The Morgan fingerprint density at radius 2 is 1.90 bits per heavy atom. The molecule has 0 bridgehead atoms. The Bertz CT molecular complexity index is 748. The standard InChI is InChI=1S/C17H16ClNS/c1-11-9-12(18)7-8-13(11)17(19-2)15-10-20-16-6-4-3-5-14(15)16/h3-10,17,19H,1-2H3. The van der Waals surface area contributed by atoms with Gasteiger partial charge in [-0.05, 0) is 59.6 Å². The van der Waals surface area contributed by atoms with Gasteiger partial charge in [-0.15, -0.1) is 11.3 Å². The SMILES string of the molecule is CNC(c1ccc(Cl)cc1C)c1csc2ccccc12. The summed E-state index contributed by atoms with van der Waals surface area (Å²) in [6.07, 6.45) is 0. The normalized spacial score (nSPS) is 12.8. The second-order valence-corrected chi connectivity index (χ2v) is 6.26. The summed E-state index contributed by atoms with van der Waals surface area (Å²) in [5.41, 5.74) is 3.83. The average Bonchev–Trinajstić information content (AvgIpc) is 2.86. The number of hydrogen-bond acceptors (Lipinski definition) is 2. The van der Waals surface area contributed by atoms with Gasteiger partial charge in [-0.2, -0.15) is 0 Å². The molecular weight excluding hydrogens is 286 g/mol. The highest BCUT2D eigenvalue weighted by Crippen LogP contribution is 2.34. The average molecular weight is 302 g/mol. The van der Waals surface area contributed by atoms with Gasteiger partial charge in [-0.3, -0.25) is 0 Å². The van der Waals surface area contributed by atoms with E-state index in [1.165, 1.54) is 26.8 Å². The van der Waals surface area contributed by atoms with Crippen molar-refractivity contribution in [1.29, 1.82) is 0 Å². The third kappa shape index (κ3) is 2.35. The van der Waals surface area contributed by atoms with Crippen molar-refractivity contribution in [1.82, 2.24) is 5.32 Å². The molecule has 0 radical (unpaired) electrons. The molecule has 0 spiro atoms. The quantitative estimate of drug-likeness (QED) is 0.703. The second kappa shape index (κ2) is 5.57. The maximum atomic E-state index is 6.07. The molecule has 0 aliphatic heterocycles. The lowest BCUT2D eigenvalue weighted by atomic mass is 9.95. The maximum Gasteiger partial charge on any atom is 0.0591 e. The van der Waals surface area contributed by atoms with Crippen molar-refractivity contribution in [3.63, 3.8) is 0 Å². The van der Waals surface area contributed by atoms with Gasteiger partial charge in [0, 0.05) is 9.72 Å². The lowest BCUT2D eigenvalue weighted by Crippen LogP contribution is -2.18. The van der Waals surface area contributed by atoms with Gasteiger partial charge in [0.2, 0.25) is 0 Å². The molecule has 3 rings (SSSR count). The predicted molar refractivity (Wildman–Crippen MR) is 88.9 cm³/mol. The largest absolute Gasteiger partial charge is 0.309 e. The zero-order chi connectivity index (χ0) is 14.1. The number of rotatable bonds is 3. The van der Waals surface area contributed by atoms with Crippen LogP contribution in [0.5, 0.6) is 0 Å². The molecule has 3 aromatic rings. The van der Waals surface area contributed by atoms with Crippen LogP contribution < -0.4 is 5.32 Å². The summed E-state index contributed by atoms with van der Waals surface area (Å²) in [5.74, 6) is 0. The van der Waals surface area contributed by atoms with E-state index in [0.29, 0.717) is 0 Å². The fourth-order valence-corrected chi connectivity index (χ4v) is 3.88. The molecule has 0 aliphatic carbocycles. The number of thiophene rings is 1. The Labute approximate surface area is 128 Å². The first-order valence-corrected chi connectivity index (χ1v) is 7.86. The van der Waals surface area contributed by atoms with E-state index in [-0.39, 0.29) is 6.04 Å². The van der Waals surface area contributed by atoms with E-state index in [1.54, 1.807) is 11.3 Å². The van der Waals surface area contributed by atoms with E-state index in [1.807, 2.05) is 19.2 Å². The van der Waals surface area contributed by atoms with Crippen LogP contribution in [0.15, 0.2) is 47.8 Å². The predicted octanol–water partition coefficient (Wildman–Crippen LogP) is 5.17. The van der Waals surface area contributed by atoms with Crippen LogP contribution in [0, 0.1) is 6.92 Å². The summed E-state index contributed by atoms with van der Waals surface area (Å²) < 4.78 is 1.33. The maximum absolute atomic E-state index is 6.07. The van der Waals surface area contributed by atoms with Gasteiger partial charge >= 0.3 is 0 Å². The highest BCUT2D eigenvalue weighted by molar-refractivity contribution is 7.17. The van der Waals surface area contributed by atoms with Gasteiger partial charge < -0.3 is 5.32 Å². The molecule has 1 N–H and O–H groups in total. The first-order valence-electron chi connectivity index (χ1n) is 6.60. The fourth-order valence-electron chi connectivity index (χ4n) is 2.66. The van der Waals surface area contributed by atoms with Gasteiger partial charge in [0.05, 0.1) is 6.04 Å². The first-order chi connectivity index (χ1) is 9.70. The lowest BCUT2D eigenvalue weighted by molar-refractivity contribution is 0.694. The Kier molecular flexibility index (Phi) is 3.79. The molecule has 3 heteroatoms. The Hall–Kier alpha value is -1.35. The molecule has 1 unspecified atom stereocenters. The fraction of sp³-hybridized carbons (Fsp3) is 0.176. The number of halogens is 1. The van der Waals surface area contributed by atoms with Crippen LogP contribution in [-0.4, -0.2) is 7.05 Å². The smallest absolute Gasteiger partial charge is 0.0591 e. The van der Waals surface area contributed by atoms with E-state index < -0.39 is 0 Å². The molecule has 0 aliphatic rings. The zero-order valence-corrected chi connectivity index (χ0v) is 13.1. The molecule has 1 atom stereocenters. The summed E-state index contributed by atoms with van der Waals surface area (Å²) in [4.78, 5) is 0. The third-order valence-corrected chi connectivity index (χ3v) is 4.87. The van der Waals surface area contributed by atoms with E-state index in [2.05, 4.69) is 48.0 Å². The number of aryl methyl sites for hydroxylation is 1. The van der Waals surface area contributed by atoms with Crippen LogP contribution >= 0.6 is 22.9 Å². The minimum absolute atomic E-state index is 0.198. The summed E-state index contributed by atoms with van der Waals surface area (Å²) in [5, 5.41) is 7.80. The van der Waals surface area contributed by atoms with E-state index in [0.717, 1.165) is 5.02 Å². The van der Waals surface area contributed by atoms with Crippen molar-refractivity contribution in [3.8, 4) is 0 Å². The molecule has 2 aromatic carbocycles. The molecule has 0 saturated heterocycles. The van der Waals surface area contributed by atoms with E-state index >= 15 is 0 Å². The molecule has 1 nitrogen and oxygen atoms in total. The lowest BCUT2D eigenvalue weighted by Gasteiger charge is -2.19. The molecule has 102 valence electrons. The van der Waals surface area contributed by atoms with Gasteiger partial charge in [-0.1, -0.05) is 35.9 Å². The van der Waals surface area contributed by atoms with E-state index in [4.69, 9.17) is 11.6 Å². The van der Waals surface area contributed by atoms with Crippen molar-refractivity contribution in [2.24, 2.45) is 0 Å². The third-order valence-electron chi connectivity index (χ3n) is 3.65. The first kappa shape index (κ1) is 13.6. The van der Waals surface area contributed by atoms with Crippen LogP contribution in [0.1, 0.15) is 22.7 Å². The van der Waals surface area contributed by atoms with Crippen LogP contribution in [-0.2, 0) is 0 Å². The Balaban J connectivity index is 2.14. The molecule has 0 amide bonds. The Morgan fingerprint density at radius 1 is 1.10 bits per heavy atom. The highest BCUT2D eigenvalue weighted by atomic mass is 35.5. The van der Waals surface area contributed by atoms with Gasteiger partial charge in [0.1, 0.15) is 0 Å². The summed E-state index contributed by atoms with van der Waals surface area (Å²) in [6.45, 7) is 2.11. The number of nitrogens with one attached hydrogen (secondary N) is 1. The topological polar surface area (TPSA) is 12.0 Å².